The standard InChI is InChI=1S/C14H23N3/c1-12-7-9-16-14(11-12)17(10-8-15)13-5-3-2-4-6-13/h7,9,11,13H,2-6,8,10,15H2,1H3. The average molecular weight is 233 g/mol. The summed E-state index contributed by atoms with van der Waals surface area (Å²) in [5.74, 6) is 1.10. The first-order valence-corrected chi connectivity index (χ1v) is 6.70. The van der Waals surface area contributed by atoms with E-state index in [2.05, 4.69) is 22.9 Å². The molecule has 1 fully saturated rings. The topological polar surface area (TPSA) is 42.2 Å². The van der Waals surface area contributed by atoms with E-state index in [1.165, 1.54) is 37.7 Å². The largest absolute Gasteiger partial charge is 0.352 e. The van der Waals surface area contributed by atoms with Gasteiger partial charge in [-0.1, -0.05) is 19.3 Å². The van der Waals surface area contributed by atoms with Crippen molar-refractivity contribution in [3.8, 4) is 0 Å². The van der Waals surface area contributed by atoms with Crippen LogP contribution >= 0.6 is 0 Å². The van der Waals surface area contributed by atoms with Crippen LogP contribution in [0.25, 0.3) is 0 Å². The quantitative estimate of drug-likeness (QED) is 0.868. The van der Waals surface area contributed by atoms with Crippen LogP contribution in [-0.4, -0.2) is 24.1 Å². The summed E-state index contributed by atoms with van der Waals surface area (Å²) >= 11 is 0. The number of nitrogens with two attached hydrogens (primary N) is 1. The number of rotatable bonds is 4. The molecule has 94 valence electrons. The van der Waals surface area contributed by atoms with Crippen molar-refractivity contribution in [2.45, 2.75) is 45.1 Å². The molecule has 1 aliphatic rings. The maximum atomic E-state index is 5.74. The molecule has 17 heavy (non-hydrogen) atoms. The average Bonchev–Trinajstić information content (AvgIpc) is 2.37. The Morgan fingerprint density at radius 3 is 2.76 bits per heavy atom. The fraction of sp³-hybridized carbons (Fsp3) is 0.643. The van der Waals surface area contributed by atoms with E-state index >= 15 is 0 Å². The Morgan fingerprint density at radius 1 is 1.35 bits per heavy atom. The van der Waals surface area contributed by atoms with Gasteiger partial charge in [0, 0.05) is 25.3 Å². The SMILES string of the molecule is Cc1ccnc(N(CCN)C2CCCCC2)c1. The molecule has 1 saturated carbocycles. The van der Waals surface area contributed by atoms with Crippen molar-refractivity contribution in [2.24, 2.45) is 5.73 Å². The molecule has 1 aromatic rings. The van der Waals surface area contributed by atoms with Crippen LogP contribution in [0.2, 0.25) is 0 Å². The molecular formula is C14H23N3. The molecule has 0 aromatic carbocycles. The Labute approximate surface area is 104 Å². The van der Waals surface area contributed by atoms with Gasteiger partial charge in [0.25, 0.3) is 0 Å². The normalized spacial score (nSPS) is 17.1. The highest BCUT2D eigenvalue weighted by Gasteiger charge is 2.21. The molecule has 1 aliphatic carbocycles. The second kappa shape index (κ2) is 6.01. The third-order valence-corrected chi connectivity index (χ3v) is 3.58. The minimum atomic E-state index is 0.640. The predicted molar refractivity (Wildman–Crippen MR) is 72.2 cm³/mol. The van der Waals surface area contributed by atoms with Crippen molar-refractivity contribution in [2.75, 3.05) is 18.0 Å². The lowest BCUT2D eigenvalue weighted by Gasteiger charge is -2.35. The van der Waals surface area contributed by atoms with Crippen LogP contribution in [0.5, 0.6) is 0 Å². The molecular weight excluding hydrogens is 210 g/mol. The van der Waals surface area contributed by atoms with Gasteiger partial charge < -0.3 is 10.6 Å². The van der Waals surface area contributed by atoms with E-state index in [0.717, 1.165) is 12.4 Å². The fourth-order valence-corrected chi connectivity index (χ4v) is 2.69. The van der Waals surface area contributed by atoms with Crippen molar-refractivity contribution < 1.29 is 0 Å². The maximum Gasteiger partial charge on any atom is 0.129 e. The summed E-state index contributed by atoms with van der Waals surface area (Å²) in [4.78, 5) is 6.91. The minimum Gasteiger partial charge on any atom is -0.352 e. The van der Waals surface area contributed by atoms with Crippen molar-refractivity contribution in [1.29, 1.82) is 0 Å². The monoisotopic (exact) mass is 233 g/mol. The molecule has 1 heterocycles. The van der Waals surface area contributed by atoms with E-state index in [0.29, 0.717) is 12.6 Å². The Hall–Kier alpha value is -1.09. The van der Waals surface area contributed by atoms with Crippen molar-refractivity contribution in [3.05, 3.63) is 23.9 Å². The Kier molecular flexibility index (Phi) is 4.37. The lowest BCUT2D eigenvalue weighted by molar-refractivity contribution is 0.414. The van der Waals surface area contributed by atoms with Crippen molar-refractivity contribution in [3.63, 3.8) is 0 Å². The van der Waals surface area contributed by atoms with E-state index in [-0.39, 0.29) is 0 Å². The first kappa shape index (κ1) is 12.4. The molecule has 0 spiro atoms. The molecule has 2 N–H and O–H groups in total. The summed E-state index contributed by atoms with van der Waals surface area (Å²) in [5.41, 5.74) is 7.01. The molecule has 0 amide bonds. The summed E-state index contributed by atoms with van der Waals surface area (Å²) in [6.45, 7) is 3.74. The maximum absolute atomic E-state index is 5.74. The number of hydrogen-bond acceptors (Lipinski definition) is 3. The molecule has 3 heteroatoms. The van der Waals surface area contributed by atoms with Crippen LogP contribution in [0.1, 0.15) is 37.7 Å². The number of pyridine rings is 1. The summed E-state index contributed by atoms with van der Waals surface area (Å²) in [7, 11) is 0. The van der Waals surface area contributed by atoms with Crippen LogP contribution in [-0.2, 0) is 0 Å². The van der Waals surface area contributed by atoms with Gasteiger partial charge in [0.05, 0.1) is 0 Å². The molecule has 0 atom stereocenters. The second-order valence-corrected chi connectivity index (χ2v) is 4.97. The number of hydrogen-bond donors (Lipinski definition) is 1. The molecule has 0 aliphatic heterocycles. The molecule has 0 unspecified atom stereocenters. The number of aromatic nitrogens is 1. The molecule has 0 bridgehead atoms. The van der Waals surface area contributed by atoms with Crippen LogP contribution in [0.15, 0.2) is 18.3 Å². The number of nitrogens with zero attached hydrogens (tertiary/aromatic N) is 2. The highest BCUT2D eigenvalue weighted by molar-refractivity contribution is 5.42. The van der Waals surface area contributed by atoms with Crippen LogP contribution in [0.4, 0.5) is 5.82 Å². The van der Waals surface area contributed by atoms with Crippen LogP contribution in [0.3, 0.4) is 0 Å². The lowest BCUT2D eigenvalue weighted by Crippen LogP contribution is -2.40. The lowest BCUT2D eigenvalue weighted by atomic mass is 9.94. The molecule has 0 radical (unpaired) electrons. The van der Waals surface area contributed by atoms with Crippen LogP contribution in [0, 0.1) is 6.92 Å². The summed E-state index contributed by atoms with van der Waals surface area (Å²) in [6, 6.07) is 4.86. The highest BCUT2D eigenvalue weighted by atomic mass is 15.2. The van der Waals surface area contributed by atoms with E-state index in [4.69, 9.17) is 5.73 Å². The van der Waals surface area contributed by atoms with Gasteiger partial charge in [0.2, 0.25) is 0 Å². The fourth-order valence-electron chi connectivity index (χ4n) is 2.69. The van der Waals surface area contributed by atoms with Gasteiger partial charge >= 0.3 is 0 Å². The van der Waals surface area contributed by atoms with Gasteiger partial charge in [-0.2, -0.15) is 0 Å². The minimum absolute atomic E-state index is 0.640. The third kappa shape index (κ3) is 3.19. The Bertz CT molecular complexity index is 345. The third-order valence-electron chi connectivity index (χ3n) is 3.58. The van der Waals surface area contributed by atoms with E-state index < -0.39 is 0 Å². The van der Waals surface area contributed by atoms with Gasteiger partial charge in [0.15, 0.2) is 0 Å². The first-order chi connectivity index (χ1) is 8.31. The number of anilines is 1. The van der Waals surface area contributed by atoms with E-state index in [1.807, 2.05) is 12.3 Å². The summed E-state index contributed by atoms with van der Waals surface area (Å²) in [6.07, 6.45) is 8.55. The smallest absolute Gasteiger partial charge is 0.129 e. The molecule has 1 aromatic heterocycles. The van der Waals surface area contributed by atoms with Crippen LogP contribution < -0.4 is 10.6 Å². The van der Waals surface area contributed by atoms with E-state index in [9.17, 15) is 0 Å². The Balaban J connectivity index is 2.15. The van der Waals surface area contributed by atoms with Gasteiger partial charge in [0.1, 0.15) is 5.82 Å². The first-order valence-electron chi connectivity index (χ1n) is 6.70. The zero-order valence-corrected chi connectivity index (χ0v) is 10.7. The van der Waals surface area contributed by atoms with Crippen molar-refractivity contribution >= 4 is 5.82 Å². The number of aryl methyl sites for hydroxylation is 1. The summed E-state index contributed by atoms with van der Waals surface area (Å²) < 4.78 is 0. The van der Waals surface area contributed by atoms with Gasteiger partial charge in [-0.15, -0.1) is 0 Å². The van der Waals surface area contributed by atoms with E-state index in [1.54, 1.807) is 0 Å². The highest BCUT2D eigenvalue weighted by Crippen LogP contribution is 2.26. The zero-order chi connectivity index (χ0) is 12.1. The summed E-state index contributed by atoms with van der Waals surface area (Å²) in [5, 5.41) is 0. The van der Waals surface area contributed by atoms with Gasteiger partial charge in [-0.25, -0.2) is 4.98 Å². The second-order valence-electron chi connectivity index (χ2n) is 4.97. The molecule has 2 rings (SSSR count). The zero-order valence-electron chi connectivity index (χ0n) is 10.7. The molecule has 3 nitrogen and oxygen atoms in total. The van der Waals surface area contributed by atoms with Gasteiger partial charge in [-0.3, -0.25) is 0 Å². The van der Waals surface area contributed by atoms with Crippen molar-refractivity contribution in [1.82, 2.24) is 4.98 Å². The molecule has 0 saturated heterocycles. The Morgan fingerprint density at radius 2 is 2.12 bits per heavy atom. The predicted octanol–water partition coefficient (Wildman–Crippen LogP) is 2.49. The van der Waals surface area contributed by atoms with Gasteiger partial charge in [-0.05, 0) is 37.5 Å².